The van der Waals surface area contributed by atoms with Crippen molar-refractivity contribution < 1.29 is 22.3 Å². The van der Waals surface area contributed by atoms with Gasteiger partial charge in [0.25, 0.3) is 10.0 Å². The molecular formula is C14H11ClFNO4S. The topological polar surface area (TPSA) is 72.5 Å². The summed E-state index contributed by atoms with van der Waals surface area (Å²) in [5.74, 6) is -1.31. The molecule has 0 amide bonds. The Labute approximate surface area is 131 Å². The van der Waals surface area contributed by atoms with Crippen LogP contribution in [0.2, 0.25) is 5.02 Å². The minimum absolute atomic E-state index is 0.170. The molecule has 2 aromatic rings. The molecule has 22 heavy (non-hydrogen) atoms. The number of hydrogen-bond donors (Lipinski definition) is 1. The number of benzene rings is 2. The highest BCUT2D eigenvalue weighted by molar-refractivity contribution is 7.92. The van der Waals surface area contributed by atoms with Gasteiger partial charge in [-0.25, -0.2) is 17.6 Å². The highest BCUT2D eigenvalue weighted by Gasteiger charge is 2.17. The van der Waals surface area contributed by atoms with Gasteiger partial charge >= 0.3 is 5.97 Å². The molecule has 116 valence electrons. The van der Waals surface area contributed by atoms with Crippen LogP contribution in [-0.2, 0) is 14.8 Å². The molecule has 0 aliphatic rings. The van der Waals surface area contributed by atoms with Gasteiger partial charge in [0.05, 0.1) is 22.6 Å². The molecule has 0 aliphatic heterocycles. The summed E-state index contributed by atoms with van der Waals surface area (Å²) in [6.07, 6.45) is 0. The van der Waals surface area contributed by atoms with E-state index < -0.39 is 21.8 Å². The molecule has 2 aromatic carbocycles. The lowest BCUT2D eigenvalue weighted by Gasteiger charge is -2.09. The van der Waals surface area contributed by atoms with Gasteiger partial charge < -0.3 is 4.74 Å². The van der Waals surface area contributed by atoms with Crippen molar-refractivity contribution in [3.63, 3.8) is 0 Å². The summed E-state index contributed by atoms with van der Waals surface area (Å²) in [6.45, 7) is 0. The van der Waals surface area contributed by atoms with Crippen molar-refractivity contribution in [2.24, 2.45) is 0 Å². The number of halogens is 2. The predicted octanol–water partition coefficient (Wildman–Crippen LogP) is 3.07. The molecule has 0 saturated carbocycles. The van der Waals surface area contributed by atoms with Crippen molar-refractivity contribution in [3.05, 3.63) is 58.9 Å². The second-order valence-corrected chi connectivity index (χ2v) is 6.34. The summed E-state index contributed by atoms with van der Waals surface area (Å²) in [7, 11) is -2.73. The number of carbonyl (C=O) groups is 1. The number of carbonyl (C=O) groups excluding carboxylic acids is 1. The number of anilines is 1. The average molecular weight is 344 g/mol. The first-order valence-corrected chi connectivity index (χ1v) is 7.86. The van der Waals surface area contributed by atoms with Crippen LogP contribution in [0.4, 0.5) is 10.1 Å². The maximum atomic E-state index is 13.1. The van der Waals surface area contributed by atoms with Gasteiger partial charge in [-0.2, -0.15) is 0 Å². The van der Waals surface area contributed by atoms with Gasteiger partial charge in [-0.1, -0.05) is 17.7 Å². The van der Waals surface area contributed by atoms with E-state index in [0.717, 1.165) is 18.2 Å². The molecule has 0 unspecified atom stereocenters. The van der Waals surface area contributed by atoms with Crippen molar-refractivity contribution in [3.8, 4) is 0 Å². The number of nitrogens with one attached hydrogen (secondary N) is 1. The van der Waals surface area contributed by atoms with E-state index >= 15 is 0 Å². The molecule has 0 aromatic heterocycles. The second-order valence-electron chi connectivity index (χ2n) is 4.25. The summed E-state index contributed by atoms with van der Waals surface area (Å²) < 4.78 is 44.4. The quantitative estimate of drug-likeness (QED) is 0.866. The van der Waals surface area contributed by atoms with E-state index in [4.69, 9.17) is 11.6 Å². The highest BCUT2D eigenvalue weighted by Crippen LogP contribution is 2.22. The fraction of sp³-hybridized carbons (Fsp3) is 0.0714. The molecule has 0 radical (unpaired) electrons. The number of esters is 1. The average Bonchev–Trinajstić information content (AvgIpc) is 2.49. The van der Waals surface area contributed by atoms with Gasteiger partial charge in [0, 0.05) is 5.69 Å². The Morgan fingerprint density at radius 1 is 1.23 bits per heavy atom. The van der Waals surface area contributed by atoms with E-state index in [1.165, 1.54) is 31.4 Å². The van der Waals surface area contributed by atoms with Crippen LogP contribution in [0, 0.1) is 5.82 Å². The SMILES string of the molecule is COC(=O)c1cccc(NS(=O)(=O)c2ccc(F)c(Cl)c2)c1. The van der Waals surface area contributed by atoms with Crippen LogP contribution in [0.5, 0.6) is 0 Å². The van der Waals surface area contributed by atoms with Crippen LogP contribution in [0.3, 0.4) is 0 Å². The zero-order valence-electron chi connectivity index (χ0n) is 11.3. The summed E-state index contributed by atoms with van der Waals surface area (Å²) in [6, 6.07) is 8.84. The van der Waals surface area contributed by atoms with Crippen LogP contribution < -0.4 is 4.72 Å². The summed E-state index contributed by atoms with van der Waals surface area (Å²) in [4.78, 5) is 11.2. The molecule has 8 heteroatoms. The number of ether oxygens (including phenoxy) is 1. The monoisotopic (exact) mass is 343 g/mol. The molecular weight excluding hydrogens is 333 g/mol. The Bertz CT molecular complexity index is 823. The Morgan fingerprint density at radius 3 is 2.59 bits per heavy atom. The smallest absolute Gasteiger partial charge is 0.337 e. The van der Waals surface area contributed by atoms with Crippen LogP contribution in [0.25, 0.3) is 0 Å². The number of methoxy groups -OCH3 is 1. The number of hydrogen-bond acceptors (Lipinski definition) is 4. The van der Waals surface area contributed by atoms with E-state index in [2.05, 4.69) is 9.46 Å². The van der Waals surface area contributed by atoms with Gasteiger partial charge in [0.1, 0.15) is 5.82 Å². The molecule has 5 nitrogen and oxygen atoms in total. The largest absolute Gasteiger partial charge is 0.465 e. The molecule has 0 atom stereocenters. The van der Waals surface area contributed by atoms with Crippen molar-refractivity contribution in [1.82, 2.24) is 0 Å². The number of sulfonamides is 1. The lowest BCUT2D eigenvalue weighted by atomic mass is 10.2. The van der Waals surface area contributed by atoms with E-state index in [9.17, 15) is 17.6 Å². The van der Waals surface area contributed by atoms with Crippen molar-refractivity contribution >= 4 is 33.3 Å². The third kappa shape index (κ3) is 3.55. The van der Waals surface area contributed by atoms with Gasteiger partial charge in [0.2, 0.25) is 0 Å². The Morgan fingerprint density at radius 2 is 1.95 bits per heavy atom. The van der Waals surface area contributed by atoms with Gasteiger partial charge in [-0.3, -0.25) is 4.72 Å². The van der Waals surface area contributed by atoms with Crippen LogP contribution in [-0.4, -0.2) is 21.5 Å². The second kappa shape index (κ2) is 6.33. The molecule has 0 spiro atoms. The van der Waals surface area contributed by atoms with Gasteiger partial charge in [-0.15, -0.1) is 0 Å². The standard InChI is InChI=1S/C14H11ClFNO4S/c1-21-14(18)9-3-2-4-10(7-9)17-22(19,20)11-5-6-13(16)12(15)8-11/h2-8,17H,1H3. The maximum absolute atomic E-state index is 13.1. The lowest BCUT2D eigenvalue weighted by molar-refractivity contribution is 0.0601. The van der Waals surface area contributed by atoms with Crippen LogP contribution >= 0.6 is 11.6 Å². The molecule has 0 bridgehead atoms. The molecule has 2 rings (SSSR count). The van der Waals surface area contributed by atoms with E-state index in [-0.39, 0.29) is 21.2 Å². The minimum atomic E-state index is -3.96. The summed E-state index contributed by atoms with van der Waals surface area (Å²) >= 11 is 5.58. The zero-order valence-corrected chi connectivity index (χ0v) is 12.9. The van der Waals surface area contributed by atoms with Gasteiger partial charge in [-0.05, 0) is 36.4 Å². The Hall–Kier alpha value is -2.12. The van der Waals surface area contributed by atoms with Crippen LogP contribution in [0.15, 0.2) is 47.4 Å². The normalized spacial score (nSPS) is 11.0. The lowest BCUT2D eigenvalue weighted by Crippen LogP contribution is -2.13. The molecule has 0 fully saturated rings. The fourth-order valence-corrected chi connectivity index (χ4v) is 3.01. The van der Waals surface area contributed by atoms with E-state index in [0.29, 0.717) is 0 Å². The first kappa shape index (κ1) is 16.3. The van der Waals surface area contributed by atoms with Crippen molar-refractivity contribution in [2.45, 2.75) is 4.90 Å². The van der Waals surface area contributed by atoms with Crippen molar-refractivity contribution in [2.75, 3.05) is 11.8 Å². The van der Waals surface area contributed by atoms with E-state index in [1.807, 2.05) is 0 Å². The first-order valence-electron chi connectivity index (χ1n) is 6.00. The zero-order chi connectivity index (χ0) is 16.3. The van der Waals surface area contributed by atoms with Crippen LogP contribution in [0.1, 0.15) is 10.4 Å². The third-order valence-corrected chi connectivity index (χ3v) is 4.41. The minimum Gasteiger partial charge on any atom is -0.465 e. The van der Waals surface area contributed by atoms with E-state index in [1.54, 1.807) is 0 Å². The fourth-order valence-electron chi connectivity index (χ4n) is 1.69. The predicted molar refractivity (Wildman–Crippen MR) is 80.0 cm³/mol. The molecule has 0 heterocycles. The Kier molecular flexibility index (Phi) is 4.68. The third-order valence-electron chi connectivity index (χ3n) is 2.74. The highest BCUT2D eigenvalue weighted by atomic mass is 35.5. The molecule has 0 aliphatic carbocycles. The summed E-state index contributed by atoms with van der Waals surface area (Å²) in [5.41, 5.74) is 0.364. The number of rotatable bonds is 4. The maximum Gasteiger partial charge on any atom is 0.337 e. The van der Waals surface area contributed by atoms with Crippen molar-refractivity contribution in [1.29, 1.82) is 0 Å². The molecule has 1 N–H and O–H groups in total. The Balaban J connectivity index is 2.32. The molecule has 0 saturated heterocycles. The van der Waals surface area contributed by atoms with Gasteiger partial charge in [0.15, 0.2) is 0 Å². The summed E-state index contributed by atoms with van der Waals surface area (Å²) in [5, 5.41) is -0.300. The first-order chi connectivity index (χ1) is 10.3.